The fourth-order valence-electron chi connectivity index (χ4n) is 5.96. The third kappa shape index (κ3) is 4.77. The lowest BCUT2D eigenvalue weighted by molar-refractivity contribution is -0.144. The van der Waals surface area contributed by atoms with Crippen molar-refractivity contribution in [3.05, 3.63) is 59.7 Å². The van der Waals surface area contributed by atoms with E-state index in [-0.39, 0.29) is 30.9 Å². The highest BCUT2D eigenvalue weighted by atomic mass is 16.5. The van der Waals surface area contributed by atoms with Crippen LogP contribution in [0, 0.1) is 5.92 Å². The number of hydrogen-bond acceptors (Lipinski definition) is 4. The Hall–Kier alpha value is -3.35. The van der Waals surface area contributed by atoms with Gasteiger partial charge in [0.2, 0.25) is 5.91 Å². The predicted octanol–water partition coefficient (Wildman–Crippen LogP) is 4.60. The van der Waals surface area contributed by atoms with E-state index in [0.717, 1.165) is 30.4 Å². The van der Waals surface area contributed by atoms with Crippen LogP contribution in [0.4, 0.5) is 4.79 Å². The van der Waals surface area contributed by atoms with Crippen molar-refractivity contribution in [2.75, 3.05) is 6.61 Å². The number of nitrogens with one attached hydrogen (secondary N) is 2. The van der Waals surface area contributed by atoms with E-state index in [4.69, 9.17) is 4.74 Å². The second-order valence-corrected chi connectivity index (χ2v) is 10.2. The summed E-state index contributed by atoms with van der Waals surface area (Å²) in [5.41, 5.74) is 4.03. The summed E-state index contributed by atoms with van der Waals surface area (Å²) in [6, 6.07) is 16.0. The van der Waals surface area contributed by atoms with Crippen LogP contribution in [-0.4, -0.2) is 41.3 Å². The number of rotatable bonds is 7. The van der Waals surface area contributed by atoms with E-state index >= 15 is 0 Å². The molecule has 2 aromatic carbocycles. The van der Waals surface area contributed by atoms with Crippen LogP contribution in [0.3, 0.4) is 0 Å². The summed E-state index contributed by atoms with van der Waals surface area (Å²) in [6.07, 6.45) is 5.02. The number of hydrogen-bond donors (Lipinski definition) is 3. The number of amides is 2. The normalized spacial score (nSPS) is 22.3. The van der Waals surface area contributed by atoms with Gasteiger partial charge in [-0.1, -0.05) is 61.4 Å². The quantitative estimate of drug-likeness (QED) is 0.542. The molecule has 2 amide bonds. The number of aliphatic carboxylic acids is 1. The van der Waals surface area contributed by atoms with E-state index in [2.05, 4.69) is 34.9 Å². The topological polar surface area (TPSA) is 105 Å². The second kappa shape index (κ2) is 9.72. The van der Waals surface area contributed by atoms with Crippen LogP contribution in [0.2, 0.25) is 0 Å². The van der Waals surface area contributed by atoms with Crippen molar-refractivity contribution in [1.29, 1.82) is 0 Å². The van der Waals surface area contributed by atoms with Crippen molar-refractivity contribution in [2.45, 2.75) is 68.9 Å². The molecule has 3 aliphatic rings. The molecule has 0 saturated heterocycles. The summed E-state index contributed by atoms with van der Waals surface area (Å²) in [4.78, 5) is 37.2. The molecule has 0 radical (unpaired) electrons. The summed E-state index contributed by atoms with van der Waals surface area (Å²) in [5, 5.41) is 15.4. The van der Waals surface area contributed by atoms with Gasteiger partial charge in [-0.15, -0.1) is 0 Å². The zero-order valence-electron chi connectivity index (χ0n) is 19.8. The Bertz CT molecular complexity index is 1080. The van der Waals surface area contributed by atoms with Crippen molar-refractivity contribution in [2.24, 2.45) is 5.92 Å². The molecule has 184 valence electrons. The molecule has 7 nitrogen and oxygen atoms in total. The van der Waals surface area contributed by atoms with Gasteiger partial charge in [-0.2, -0.15) is 0 Å². The minimum absolute atomic E-state index is 0.0203. The standard InChI is InChI=1S/C28H32N2O5/c31-25(29-24-13-6-5-12-22(24)26(32)33)16-28(14-7-15-28)30-27(34)35-17-23-20-10-3-1-8-18(20)19-9-2-4-11-21(19)23/h1-4,8-11,22-24H,5-7,12-17H2,(H,29,31)(H,30,34)(H,32,33)/t22-,24+/m1/s1. The fourth-order valence-corrected chi connectivity index (χ4v) is 5.96. The van der Waals surface area contributed by atoms with Gasteiger partial charge in [0.15, 0.2) is 0 Å². The van der Waals surface area contributed by atoms with Crippen LogP contribution in [0.15, 0.2) is 48.5 Å². The molecule has 2 saturated carbocycles. The fraction of sp³-hybridized carbons (Fsp3) is 0.464. The number of ether oxygens (including phenoxy) is 1. The molecule has 0 unspecified atom stereocenters. The molecule has 3 aliphatic carbocycles. The van der Waals surface area contributed by atoms with Gasteiger partial charge in [0.1, 0.15) is 6.61 Å². The van der Waals surface area contributed by atoms with Crippen LogP contribution in [0.1, 0.15) is 68.4 Å². The number of carbonyl (C=O) groups is 3. The molecule has 0 spiro atoms. The number of carbonyl (C=O) groups excluding carboxylic acids is 2. The molecule has 0 aliphatic heterocycles. The minimum Gasteiger partial charge on any atom is -0.481 e. The van der Waals surface area contributed by atoms with Crippen LogP contribution in [0.25, 0.3) is 11.1 Å². The zero-order valence-corrected chi connectivity index (χ0v) is 19.8. The summed E-state index contributed by atoms with van der Waals surface area (Å²) in [6.45, 7) is 0.227. The van der Waals surface area contributed by atoms with Gasteiger partial charge in [-0.3, -0.25) is 9.59 Å². The molecule has 0 heterocycles. The highest BCUT2D eigenvalue weighted by molar-refractivity contribution is 5.81. The smallest absolute Gasteiger partial charge is 0.407 e. The van der Waals surface area contributed by atoms with Crippen molar-refractivity contribution in [1.82, 2.24) is 10.6 Å². The average molecular weight is 477 g/mol. The first-order chi connectivity index (χ1) is 17.0. The monoisotopic (exact) mass is 476 g/mol. The lowest BCUT2D eigenvalue weighted by atomic mass is 9.74. The van der Waals surface area contributed by atoms with Crippen LogP contribution >= 0.6 is 0 Å². The summed E-state index contributed by atoms with van der Waals surface area (Å²) >= 11 is 0. The van der Waals surface area contributed by atoms with Crippen LogP contribution < -0.4 is 10.6 Å². The maximum absolute atomic E-state index is 12.8. The first kappa shape index (κ1) is 23.4. The Labute approximate surface area is 205 Å². The van der Waals surface area contributed by atoms with Crippen molar-refractivity contribution < 1.29 is 24.2 Å². The first-order valence-corrected chi connectivity index (χ1v) is 12.6. The highest BCUT2D eigenvalue weighted by Gasteiger charge is 2.42. The van der Waals surface area contributed by atoms with Crippen molar-refractivity contribution in [3.63, 3.8) is 0 Å². The Kier molecular flexibility index (Phi) is 6.50. The van der Waals surface area contributed by atoms with Gasteiger partial charge in [0.25, 0.3) is 0 Å². The molecule has 2 aromatic rings. The van der Waals surface area contributed by atoms with Crippen molar-refractivity contribution in [3.8, 4) is 11.1 Å². The summed E-state index contributed by atoms with van der Waals surface area (Å²) in [5.74, 6) is -1.62. The lowest BCUT2D eigenvalue weighted by Gasteiger charge is -2.42. The molecular weight excluding hydrogens is 444 g/mol. The maximum Gasteiger partial charge on any atom is 0.407 e. The molecule has 2 atom stereocenters. The molecule has 0 aromatic heterocycles. The Morgan fingerprint density at radius 2 is 1.54 bits per heavy atom. The molecule has 0 bridgehead atoms. The third-order valence-corrected chi connectivity index (χ3v) is 7.95. The Morgan fingerprint density at radius 3 is 2.14 bits per heavy atom. The maximum atomic E-state index is 12.8. The molecule has 35 heavy (non-hydrogen) atoms. The number of alkyl carbamates (subject to hydrolysis) is 1. The van der Waals surface area contributed by atoms with Crippen molar-refractivity contribution >= 4 is 18.0 Å². The molecule has 7 heteroatoms. The Morgan fingerprint density at radius 1 is 0.914 bits per heavy atom. The Balaban J connectivity index is 1.19. The van der Waals surface area contributed by atoms with Crippen LogP contribution in [0.5, 0.6) is 0 Å². The number of carboxylic acids is 1. The lowest BCUT2D eigenvalue weighted by Crippen LogP contribution is -2.57. The summed E-state index contributed by atoms with van der Waals surface area (Å²) in [7, 11) is 0. The van der Waals surface area contributed by atoms with Gasteiger partial charge in [-0.05, 0) is 54.4 Å². The number of benzene rings is 2. The average Bonchev–Trinajstić information content (AvgIpc) is 3.15. The van der Waals surface area contributed by atoms with Crippen LogP contribution in [-0.2, 0) is 14.3 Å². The van der Waals surface area contributed by atoms with Gasteiger partial charge < -0.3 is 20.5 Å². The first-order valence-electron chi connectivity index (χ1n) is 12.6. The summed E-state index contributed by atoms with van der Waals surface area (Å²) < 4.78 is 5.69. The van der Waals surface area contributed by atoms with E-state index in [9.17, 15) is 19.5 Å². The predicted molar refractivity (Wildman–Crippen MR) is 131 cm³/mol. The largest absolute Gasteiger partial charge is 0.481 e. The molecule has 3 N–H and O–H groups in total. The number of carboxylic acid groups (broad SMARTS) is 1. The van der Waals surface area contributed by atoms with E-state index in [1.54, 1.807) is 0 Å². The zero-order chi connectivity index (χ0) is 24.4. The van der Waals surface area contributed by atoms with E-state index in [1.807, 2.05) is 24.3 Å². The second-order valence-electron chi connectivity index (χ2n) is 10.2. The van der Waals surface area contributed by atoms with Gasteiger partial charge >= 0.3 is 12.1 Å². The molecule has 5 rings (SSSR count). The van der Waals surface area contributed by atoms with Gasteiger partial charge in [0.05, 0.1) is 11.5 Å². The minimum atomic E-state index is -0.856. The van der Waals surface area contributed by atoms with Gasteiger partial charge in [-0.25, -0.2) is 4.79 Å². The molecular formula is C28H32N2O5. The highest BCUT2D eigenvalue weighted by Crippen LogP contribution is 2.44. The van der Waals surface area contributed by atoms with Gasteiger partial charge in [0, 0.05) is 18.4 Å². The third-order valence-electron chi connectivity index (χ3n) is 7.95. The SMILES string of the molecule is O=C(CC1(NC(=O)OCC2c3ccccc3-c3ccccc32)CCC1)N[C@H]1CCCC[C@H]1C(=O)O. The van der Waals surface area contributed by atoms with E-state index < -0.39 is 23.5 Å². The van der Waals surface area contributed by atoms with E-state index in [0.29, 0.717) is 25.7 Å². The number of fused-ring (bicyclic) bond motifs is 3. The van der Waals surface area contributed by atoms with E-state index in [1.165, 1.54) is 11.1 Å². The molecule has 2 fully saturated rings.